The lowest BCUT2D eigenvalue weighted by atomic mass is 10.1. The third-order valence-corrected chi connectivity index (χ3v) is 7.45. The van der Waals surface area contributed by atoms with E-state index >= 15 is 0 Å². The summed E-state index contributed by atoms with van der Waals surface area (Å²) < 4.78 is 44.0. The molecule has 5 rings (SSSR count). The van der Waals surface area contributed by atoms with Crippen LogP contribution in [0.5, 0.6) is 0 Å². The molecule has 1 aliphatic rings. The molecule has 0 saturated carbocycles. The van der Waals surface area contributed by atoms with Crippen molar-refractivity contribution in [2.45, 2.75) is 39.2 Å². The van der Waals surface area contributed by atoms with Crippen LogP contribution < -0.4 is 15.0 Å². The Balaban J connectivity index is 1.62. The van der Waals surface area contributed by atoms with Gasteiger partial charge in [-0.15, -0.1) is 0 Å². The van der Waals surface area contributed by atoms with E-state index in [1.807, 2.05) is 42.3 Å². The highest BCUT2D eigenvalue weighted by Gasteiger charge is 2.39. The molecular formula is C24H21F3N5O3S+. The lowest BCUT2D eigenvalue weighted by Gasteiger charge is -2.17. The zero-order valence-electron chi connectivity index (χ0n) is 19.5. The Morgan fingerprint density at radius 1 is 1.17 bits per heavy atom. The van der Waals surface area contributed by atoms with Gasteiger partial charge >= 0.3 is 6.18 Å². The summed E-state index contributed by atoms with van der Waals surface area (Å²) in [6.07, 6.45) is -4.83. The summed E-state index contributed by atoms with van der Waals surface area (Å²) in [5.41, 5.74) is 0.150. The molecule has 1 aliphatic heterocycles. The lowest BCUT2D eigenvalue weighted by molar-refractivity contribution is -0.667. The van der Waals surface area contributed by atoms with Gasteiger partial charge in [0.25, 0.3) is 17.1 Å². The monoisotopic (exact) mass is 516 g/mol. The fourth-order valence-corrected chi connectivity index (χ4v) is 5.78. The average molecular weight is 517 g/mol. The van der Waals surface area contributed by atoms with Crippen LogP contribution in [0.4, 0.5) is 24.0 Å². The van der Waals surface area contributed by atoms with Gasteiger partial charge in [0.2, 0.25) is 0 Å². The first-order valence-corrected chi connectivity index (χ1v) is 11.9. The number of benzene rings is 2. The van der Waals surface area contributed by atoms with Crippen molar-refractivity contribution in [1.29, 1.82) is 0 Å². The van der Waals surface area contributed by atoms with E-state index < -0.39 is 33.3 Å². The molecule has 0 N–H and O–H groups in total. The van der Waals surface area contributed by atoms with Crippen molar-refractivity contribution in [3.8, 4) is 11.4 Å². The number of nitro groups is 1. The van der Waals surface area contributed by atoms with Gasteiger partial charge < -0.3 is 4.90 Å². The van der Waals surface area contributed by atoms with Gasteiger partial charge in [-0.1, -0.05) is 29.5 Å². The number of non-ortho nitro benzene ring substituents is 1. The Morgan fingerprint density at radius 2 is 1.86 bits per heavy atom. The third-order valence-electron chi connectivity index (χ3n) is 6.29. The van der Waals surface area contributed by atoms with Gasteiger partial charge in [-0.25, -0.2) is 9.13 Å². The minimum atomic E-state index is -4.83. The molecule has 0 unspecified atom stereocenters. The lowest BCUT2D eigenvalue weighted by Crippen LogP contribution is -2.36. The molecule has 36 heavy (non-hydrogen) atoms. The largest absolute Gasteiger partial charge is 0.416 e. The van der Waals surface area contributed by atoms with Crippen LogP contribution in [0.2, 0.25) is 0 Å². The Kier molecular flexibility index (Phi) is 5.58. The van der Waals surface area contributed by atoms with E-state index in [2.05, 4.69) is 28.0 Å². The summed E-state index contributed by atoms with van der Waals surface area (Å²) in [5, 5.41) is 11.4. The summed E-state index contributed by atoms with van der Waals surface area (Å²) in [7, 11) is 1.96. The van der Waals surface area contributed by atoms with E-state index in [-0.39, 0.29) is 15.9 Å². The first-order chi connectivity index (χ1) is 17.0. The molecule has 0 amide bonds. The van der Waals surface area contributed by atoms with Crippen LogP contribution in [0, 0.1) is 10.1 Å². The van der Waals surface area contributed by atoms with E-state index in [0.717, 1.165) is 34.1 Å². The second-order valence-electron chi connectivity index (χ2n) is 8.89. The maximum atomic E-state index is 13.3. The Bertz CT molecular complexity index is 1580. The zero-order valence-corrected chi connectivity index (χ0v) is 20.4. The minimum absolute atomic E-state index is 0.124. The van der Waals surface area contributed by atoms with Gasteiger partial charge in [-0.2, -0.15) is 18.2 Å². The molecule has 8 nitrogen and oxygen atoms in total. The number of alkyl halides is 3. The number of anilines is 1. The fraction of sp³-hybridized carbons (Fsp3) is 0.292. The summed E-state index contributed by atoms with van der Waals surface area (Å²) in [6.45, 7) is 4.94. The van der Waals surface area contributed by atoms with Gasteiger partial charge in [-0.3, -0.25) is 14.9 Å². The Labute approximate surface area is 207 Å². The smallest absolute Gasteiger partial charge is 0.332 e. The molecule has 0 bridgehead atoms. The fourth-order valence-electron chi connectivity index (χ4n) is 4.72. The summed E-state index contributed by atoms with van der Waals surface area (Å²) in [6, 6.07) is 11.2. The van der Waals surface area contributed by atoms with Gasteiger partial charge in [-0.05, 0) is 32.0 Å². The molecule has 2 aromatic heterocycles. The van der Waals surface area contributed by atoms with Crippen molar-refractivity contribution in [2.24, 2.45) is 7.05 Å². The number of rotatable bonds is 4. The molecule has 0 atom stereocenters. The molecule has 0 spiro atoms. The van der Waals surface area contributed by atoms with Gasteiger partial charge in [0.05, 0.1) is 47.6 Å². The number of imidazole rings is 1. The summed E-state index contributed by atoms with van der Waals surface area (Å²) >= 11 is 0.855. The molecule has 0 radical (unpaired) electrons. The van der Waals surface area contributed by atoms with Crippen LogP contribution in [-0.4, -0.2) is 14.5 Å². The number of hydrogen-bond acceptors (Lipinski definition) is 6. The Hall–Kier alpha value is -3.80. The highest BCUT2D eigenvalue weighted by atomic mass is 32.1. The second kappa shape index (κ2) is 8.40. The number of nitro benzene ring substituents is 1. The summed E-state index contributed by atoms with van der Waals surface area (Å²) in [4.78, 5) is 29.4. The average Bonchev–Trinajstić information content (AvgIpc) is 3.36. The van der Waals surface area contributed by atoms with Crippen LogP contribution in [0.3, 0.4) is 0 Å². The highest BCUT2D eigenvalue weighted by Crippen LogP contribution is 2.40. The van der Waals surface area contributed by atoms with E-state index in [1.165, 1.54) is 0 Å². The third kappa shape index (κ3) is 3.81. The Morgan fingerprint density at radius 3 is 2.47 bits per heavy atom. The van der Waals surface area contributed by atoms with E-state index in [1.54, 1.807) is 0 Å². The number of fused-ring (bicyclic) bond motifs is 2. The van der Waals surface area contributed by atoms with Crippen molar-refractivity contribution < 1.29 is 22.7 Å². The number of hydrogen-bond donors (Lipinski definition) is 0. The number of nitrogens with zero attached hydrogens (tertiary/aromatic N) is 5. The van der Waals surface area contributed by atoms with Crippen LogP contribution in [-0.2, 0) is 26.3 Å². The van der Waals surface area contributed by atoms with Crippen molar-refractivity contribution in [3.63, 3.8) is 0 Å². The van der Waals surface area contributed by atoms with Crippen LogP contribution in [0.15, 0.2) is 47.3 Å². The van der Waals surface area contributed by atoms with Gasteiger partial charge in [0.15, 0.2) is 16.5 Å². The molecule has 0 aliphatic carbocycles. The van der Waals surface area contributed by atoms with Crippen molar-refractivity contribution in [3.05, 3.63) is 79.9 Å². The molecule has 0 fully saturated rings. The quantitative estimate of drug-likeness (QED) is 0.217. The summed E-state index contributed by atoms with van der Waals surface area (Å²) in [5.74, 6) is 1.03. The van der Waals surface area contributed by atoms with Crippen molar-refractivity contribution in [2.75, 3.05) is 4.90 Å². The number of aromatic nitrogens is 3. The maximum Gasteiger partial charge on any atom is 0.416 e. The van der Waals surface area contributed by atoms with Gasteiger partial charge in [0.1, 0.15) is 4.70 Å². The van der Waals surface area contributed by atoms with Gasteiger partial charge in [0, 0.05) is 6.07 Å². The van der Waals surface area contributed by atoms with Crippen LogP contribution >= 0.6 is 11.3 Å². The number of halogens is 3. The van der Waals surface area contributed by atoms with E-state index in [9.17, 15) is 28.1 Å². The normalized spacial score (nSPS) is 13.6. The van der Waals surface area contributed by atoms with Crippen molar-refractivity contribution in [1.82, 2.24) is 9.55 Å². The predicted octanol–water partition coefficient (Wildman–Crippen LogP) is 4.98. The van der Waals surface area contributed by atoms with Crippen LogP contribution in [0.25, 0.3) is 21.5 Å². The standard InChI is InChI=1S/C24H21F3N5O3S/c1-13(2)31-19-12-30(11-18(19)29(3)22(31)14-7-5-4-6-8-14)23-28-21(33)16-9-15(24(25,26)27)10-17(32(34)35)20(16)36-23/h4-10,13H,11-12H2,1-3H3/q+1. The van der Waals surface area contributed by atoms with Crippen LogP contribution in [0.1, 0.15) is 36.8 Å². The maximum absolute atomic E-state index is 13.3. The molecule has 0 saturated heterocycles. The molecule has 2 aromatic carbocycles. The second-order valence-corrected chi connectivity index (χ2v) is 9.87. The van der Waals surface area contributed by atoms with Crippen molar-refractivity contribution >= 4 is 32.2 Å². The molecule has 186 valence electrons. The SMILES string of the molecule is CC(C)n1c2c([n+](C)c1-c1ccccc1)CN(c1nc(=O)c3cc(C(F)(F)F)cc([N+](=O)[O-])c3s1)C2. The molecule has 12 heteroatoms. The predicted molar refractivity (Wildman–Crippen MR) is 129 cm³/mol. The molecule has 3 heterocycles. The van der Waals surface area contributed by atoms with E-state index in [0.29, 0.717) is 25.2 Å². The molecular weight excluding hydrogens is 495 g/mol. The first-order valence-electron chi connectivity index (χ1n) is 11.1. The first kappa shape index (κ1) is 23.9. The molecule has 4 aromatic rings. The highest BCUT2D eigenvalue weighted by molar-refractivity contribution is 7.22. The van der Waals surface area contributed by atoms with E-state index in [4.69, 9.17) is 0 Å². The zero-order chi connectivity index (χ0) is 25.9. The minimum Gasteiger partial charge on any atom is -0.332 e. The topological polar surface area (TPSA) is 85.1 Å².